The summed E-state index contributed by atoms with van der Waals surface area (Å²) in [5, 5.41) is 30.8. The van der Waals surface area contributed by atoms with Crippen LogP contribution in [0.4, 0.5) is 0 Å². The first-order valence-electron chi connectivity index (χ1n) is 21.8. The Morgan fingerprint density at radius 1 is 0.603 bits per heavy atom. The Kier molecular flexibility index (Phi) is 32.3. The molecule has 13 heteroatoms. The second-order valence-electron chi connectivity index (χ2n) is 15.0. The van der Waals surface area contributed by atoms with Crippen LogP contribution in [-0.2, 0) is 38.7 Å². The van der Waals surface area contributed by atoms with Crippen LogP contribution in [0.5, 0.6) is 0 Å². The molecule has 0 aliphatic carbocycles. The second-order valence-corrected chi connectivity index (χ2v) is 16.5. The summed E-state index contributed by atoms with van der Waals surface area (Å²) in [5.74, 6) is -2.06. The highest BCUT2D eigenvalue weighted by Crippen LogP contribution is 2.24. The predicted octanol–water partition coefficient (Wildman–Crippen LogP) is 8.56. The number of aliphatic hydroxyl groups is 3. The molecule has 1 rings (SSSR count). The molecule has 0 aromatic rings. The van der Waals surface area contributed by atoms with Crippen molar-refractivity contribution >= 4 is 22.1 Å². The smallest absolute Gasteiger partial charge is 0.306 e. The van der Waals surface area contributed by atoms with Crippen molar-refractivity contribution in [2.75, 3.05) is 19.0 Å². The van der Waals surface area contributed by atoms with Crippen LogP contribution >= 0.6 is 0 Å². The SMILES string of the molecule is CCC=CCC=CCC=CCC=CCC=CCCCC(=O)OCC(COC1OC(CS(=O)(=O)O)C(O)C(O)C1O)OC(=O)CCCCCCCCCCCCCCC. The summed E-state index contributed by atoms with van der Waals surface area (Å²) in [6.45, 7) is 3.58. The lowest BCUT2D eigenvalue weighted by atomic mass is 10.00. The first-order valence-corrected chi connectivity index (χ1v) is 23.5. The molecule has 12 nitrogen and oxygen atoms in total. The minimum Gasteiger partial charge on any atom is -0.462 e. The summed E-state index contributed by atoms with van der Waals surface area (Å²) in [5.41, 5.74) is 0. The fourth-order valence-corrected chi connectivity index (χ4v) is 6.93. The van der Waals surface area contributed by atoms with E-state index in [1.807, 2.05) is 12.2 Å². The number of allylic oxidation sites excluding steroid dienone is 10. The zero-order valence-electron chi connectivity index (χ0n) is 35.4. The number of carbonyl (C=O) groups is 2. The van der Waals surface area contributed by atoms with Crippen molar-refractivity contribution in [2.24, 2.45) is 0 Å². The van der Waals surface area contributed by atoms with Crippen LogP contribution in [0.25, 0.3) is 0 Å². The quantitative estimate of drug-likeness (QED) is 0.0207. The summed E-state index contributed by atoms with van der Waals surface area (Å²) in [6, 6.07) is 0. The van der Waals surface area contributed by atoms with Crippen LogP contribution in [0.1, 0.15) is 155 Å². The highest BCUT2D eigenvalue weighted by molar-refractivity contribution is 7.85. The predicted molar refractivity (Wildman–Crippen MR) is 229 cm³/mol. The van der Waals surface area contributed by atoms with Gasteiger partial charge in [-0.05, 0) is 51.4 Å². The molecule has 0 aromatic carbocycles. The average Bonchev–Trinajstić information content (AvgIpc) is 3.18. The van der Waals surface area contributed by atoms with Gasteiger partial charge >= 0.3 is 11.9 Å². The van der Waals surface area contributed by atoms with Crippen LogP contribution < -0.4 is 0 Å². The molecule has 0 spiro atoms. The Morgan fingerprint density at radius 2 is 1.09 bits per heavy atom. The first kappa shape index (κ1) is 53.4. The molecule has 0 aromatic heterocycles. The maximum Gasteiger partial charge on any atom is 0.306 e. The standard InChI is InChI=1S/C45H76O12S/c1-3-5-7-9-11-13-15-17-18-19-20-22-23-25-27-29-31-33-40(46)54-35-38(36-55-45-44(50)43(49)42(48)39(57-45)37-58(51,52)53)56-41(47)34-32-30-28-26-24-21-16-14-12-10-8-6-4-2/h5,7,11,13,17-18,20,22,25,27,38-39,42-45,48-50H,3-4,6,8-10,12,14-16,19,21,23-24,26,28-37H2,1-2H3,(H,51,52,53). The van der Waals surface area contributed by atoms with Crippen molar-refractivity contribution in [3.63, 3.8) is 0 Å². The molecule has 1 aliphatic rings. The fraction of sp³-hybridized carbons (Fsp3) is 0.733. The molecule has 6 unspecified atom stereocenters. The molecule has 1 heterocycles. The van der Waals surface area contributed by atoms with Crippen LogP contribution in [0.2, 0.25) is 0 Å². The molecular weight excluding hydrogens is 765 g/mol. The summed E-state index contributed by atoms with van der Waals surface area (Å²) in [4.78, 5) is 25.3. The topological polar surface area (TPSA) is 186 Å². The van der Waals surface area contributed by atoms with Crippen LogP contribution in [-0.4, -0.2) is 96.0 Å². The summed E-state index contributed by atoms with van der Waals surface area (Å²) in [7, 11) is -4.61. The third-order valence-electron chi connectivity index (χ3n) is 9.61. The Morgan fingerprint density at radius 3 is 1.60 bits per heavy atom. The maximum atomic E-state index is 12.8. The third kappa shape index (κ3) is 29.5. The second kappa shape index (κ2) is 35.1. The Balaban J connectivity index is 2.51. The van der Waals surface area contributed by atoms with E-state index < -0.39 is 71.2 Å². The van der Waals surface area contributed by atoms with E-state index in [9.17, 15) is 37.9 Å². The van der Waals surface area contributed by atoms with E-state index in [1.165, 1.54) is 57.8 Å². The van der Waals surface area contributed by atoms with Crippen LogP contribution in [0, 0.1) is 0 Å². The van der Waals surface area contributed by atoms with E-state index in [2.05, 4.69) is 62.5 Å². The van der Waals surface area contributed by atoms with Gasteiger partial charge in [-0.25, -0.2) is 0 Å². The highest BCUT2D eigenvalue weighted by Gasteiger charge is 2.46. The van der Waals surface area contributed by atoms with Crippen molar-refractivity contribution in [2.45, 2.75) is 192 Å². The van der Waals surface area contributed by atoms with Gasteiger partial charge in [-0.15, -0.1) is 0 Å². The maximum absolute atomic E-state index is 12.8. The van der Waals surface area contributed by atoms with Gasteiger partial charge in [0, 0.05) is 12.8 Å². The van der Waals surface area contributed by atoms with Gasteiger partial charge in [0.25, 0.3) is 10.1 Å². The zero-order chi connectivity index (χ0) is 42.7. The number of aliphatic hydroxyl groups excluding tert-OH is 3. The molecule has 0 saturated carbocycles. The first-order chi connectivity index (χ1) is 28.0. The molecular formula is C45H76O12S. The molecule has 4 N–H and O–H groups in total. The summed E-state index contributed by atoms with van der Waals surface area (Å²) < 4.78 is 53.9. The number of esters is 2. The van der Waals surface area contributed by atoms with Crippen molar-refractivity contribution in [1.82, 2.24) is 0 Å². The zero-order valence-corrected chi connectivity index (χ0v) is 36.2. The number of rotatable bonds is 35. The molecule has 0 amide bonds. The largest absolute Gasteiger partial charge is 0.462 e. The Bertz CT molecular complexity index is 1310. The number of hydrogen-bond acceptors (Lipinski definition) is 11. The lowest BCUT2D eigenvalue weighted by molar-refractivity contribution is -0.297. The van der Waals surface area contributed by atoms with Gasteiger partial charge in [0.05, 0.1) is 6.61 Å². The van der Waals surface area contributed by atoms with Gasteiger partial charge in [0.1, 0.15) is 36.8 Å². The van der Waals surface area contributed by atoms with E-state index in [0.29, 0.717) is 19.3 Å². The van der Waals surface area contributed by atoms with Gasteiger partial charge in [-0.1, -0.05) is 152 Å². The highest BCUT2D eigenvalue weighted by atomic mass is 32.2. The van der Waals surface area contributed by atoms with E-state index >= 15 is 0 Å². The van der Waals surface area contributed by atoms with Gasteiger partial charge < -0.3 is 34.3 Å². The third-order valence-corrected chi connectivity index (χ3v) is 10.4. The number of unbranched alkanes of at least 4 members (excludes halogenated alkanes) is 13. The Hall–Kier alpha value is -2.65. The summed E-state index contributed by atoms with van der Waals surface area (Å²) in [6.07, 6.45) is 32.7. The van der Waals surface area contributed by atoms with Crippen molar-refractivity contribution in [3.8, 4) is 0 Å². The van der Waals surface area contributed by atoms with Gasteiger partial charge in [-0.2, -0.15) is 8.42 Å². The van der Waals surface area contributed by atoms with Gasteiger partial charge in [0.15, 0.2) is 12.4 Å². The van der Waals surface area contributed by atoms with Crippen molar-refractivity contribution in [1.29, 1.82) is 0 Å². The molecule has 334 valence electrons. The van der Waals surface area contributed by atoms with Gasteiger partial charge in [0.2, 0.25) is 0 Å². The number of hydrogen-bond donors (Lipinski definition) is 4. The van der Waals surface area contributed by atoms with Crippen molar-refractivity contribution in [3.05, 3.63) is 60.8 Å². The number of ether oxygens (including phenoxy) is 4. The minimum atomic E-state index is -4.61. The van der Waals surface area contributed by atoms with E-state index in [4.69, 9.17) is 18.9 Å². The molecule has 58 heavy (non-hydrogen) atoms. The van der Waals surface area contributed by atoms with Crippen LogP contribution in [0.15, 0.2) is 60.8 Å². The van der Waals surface area contributed by atoms with Gasteiger partial charge in [-0.3, -0.25) is 14.1 Å². The lowest BCUT2D eigenvalue weighted by Gasteiger charge is -2.40. The molecule has 0 radical (unpaired) electrons. The Labute approximate surface area is 349 Å². The average molecular weight is 841 g/mol. The molecule has 6 atom stereocenters. The van der Waals surface area contributed by atoms with Crippen LogP contribution in [0.3, 0.4) is 0 Å². The molecule has 0 bridgehead atoms. The molecule has 1 fully saturated rings. The molecule has 1 aliphatic heterocycles. The van der Waals surface area contributed by atoms with E-state index in [1.54, 1.807) is 0 Å². The monoisotopic (exact) mass is 841 g/mol. The molecule has 1 saturated heterocycles. The van der Waals surface area contributed by atoms with E-state index in [0.717, 1.165) is 51.4 Å². The summed E-state index contributed by atoms with van der Waals surface area (Å²) >= 11 is 0. The fourth-order valence-electron chi connectivity index (χ4n) is 6.24. The normalized spacial score (nSPS) is 21.0. The van der Waals surface area contributed by atoms with Crippen molar-refractivity contribution < 1.29 is 56.8 Å². The lowest BCUT2D eigenvalue weighted by Crippen LogP contribution is -2.60. The minimum absolute atomic E-state index is 0.140. The van der Waals surface area contributed by atoms with E-state index in [-0.39, 0.29) is 19.4 Å². The number of carbonyl (C=O) groups excluding carboxylic acids is 2.